The maximum atomic E-state index is 13.4. The van der Waals surface area contributed by atoms with Gasteiger partial charge in [0.2, 0.25) is 0 Å². The van der Waals surface area contributed by atoms with Crippen LogP contribution in [0.1, 0.15) is 50.8 Å². The fraction of sp³-hybridized carbons (Fsp3) is 0.400. The Morgan fingerprint density at radius 1 is 0.833 bits per heavy atom. The number of unbranched alkanes of at least 4 members (excludes halogenated alkanes) is 1. The molecule has 0 heterocycles. The molecule has 3 nitrogen and oxygen atoms in total. The van der Waals surface area contributed by atoms with Crippen molar-refractivity contribution in [2.45, 2.75) is 45.2 Å². The molecule has 0 aliphatic carbocycles. The summed E-state index contributed by atoms with van der Waals surface area (Å²) in [5, 5.41) is -0.104. The van der Waals surface area contributed by atoms with Gasteiger partial charge in [0.15, 0.2) is 0 Å². The summed E-state index contributed by atoms with van der Waals surface area (Å²) in [4.78, 5) is 40.1. The molecule has 2 aromatic rings. The molecule has 2 unspecified atom stereocenters. The molecule has 0 radical (unpaired) electrons. The predicted octanol–water partition coefficient (Wildman–Crippen LogP) is 2.65. The Kier molecular flexibility index (Phi) is 6.17. The molecular formula is C20H26O3P-3. The van der Waals surface area contributed by atoms with Gasteiger partial charge in [0.05, 0.1) is 0 Å². The van der Waals surface area contributed by atoms with E-state index in [-0.39, 0.29) is 11.2 Å². The molecule has 2 rings (SSSR count). The van der Waals surface area contributed by atoms with E-state index in [0.29, 0.717) is 12.0 Å². The van der Waals surface area contributed by atoms with Gasteiger partial charge in [-0.1, -0.05) is 0 Å². The maximum absolute atomic E-state index is 13.4. The van der Waals surface area contributed by atoms with Gasteiger partial charge in [0, 0.05) is 0 Å². The Morgan fingerprint density at radius 2 is 1.38 bits per heavy atom. The number of rotatable bonds is 8. The van der Waals surface area contributed by atoms with Gasteiger partial charge in [-0.15, -0.1) is 0 Å². The minimum atomic E-state index is -5.83. The molecule has 2 aromatic carbocycles. The Balaban J connectivity index is 2.56. The van der Waals surface area contributed by atoms with Gasteiger partial charge in [-0.25, -0.2) is 0 Å². The van der Waals surface area contributed by atoms with Crippen molar-refractivity contribution in [2.24, 2.45) is 5.92 Å². The van der Waals surface area contributed by atoms with E-state index in [0.717, 1.165) is 19.3 Å². The standard InChI is InChI=1S/C20H26O3P/c1-3-5-12-17(4-2)20(18-13-8-6-9-14-18)24(21,22,23)19-15-10-7-11-16-19/h6-11,13-17,20H,3-5,12H2,1-2H3/q-3. The quantitative estimate of drug-likeness (QED) is 0.691. The molecule has 0 fully saturated rings. The molecule has 0 saturated carbocycles. The van der Waals surface area contributed by atoms with Crippen molar-refractivity contribution in [1.29, 1.82) is 0 Å². The van der Waals surface area contributed by atoms with E-state index in [2.05, 4.69) is 6.92 Å². The van der Waals surface area contributed by atoms with Gasteiger partial charge in [0.25, 0.3) is 0 Å². The first-order valence-corrected chi connectivity index (χ1v) is 10.8. The molecule has 0 saturated heterocycles. The summed E-state index contributed by atoms with van der Waals surface area (Å²) in [5.74, 6) is -0.183. The van der Waals surface area contributed by atoms with Crippen LogP contribution >= 0.6 is 7.28 Å². The summed E-state index contributed by atoms with van der Waals surface area (Å²) in [6.07, 6.45) is 3.31. The van der Waals surface area contributed by atoms with E-state index >= 15 is 0 Å². The average Bonchev–Trinajstić information content (AvgIpc) is 2.59. The van der Waals surface area contributed by atoms with Crippen LogP contribution < -0.4 is 20.0 Å². The van der Waals surface area contributed by atoms with Crippen LogP contribution in [0.25, 0.3) is 0 Å². The molecule has 4 heteroatoms. The molecule has 0 aliphatic rings. The van der Waals surface area contributed by atoms with Gasteiger partial charge < -0.3 is 0 Å². The van der Waals surface area contributed by atoms with Crippen LogP contribution in [0.3, 0.4) is 0 Å². The van der Waals surface area contributed by atoms with Crippen LogP contribution in [0.15, 0.2) is 60.7 Å². The van der Waals surface area contributed by atoms with Crippen molar-refractivity contribution < 1.29 is 14.7 Å². The van der Waals surface area contributed by atoms with Crippen molar-refractivity contribution >= 4 is 12.6 Å². The van der Waals surface area contributed by atoms with Crippen LogP contribution in [0.4, 0.5) is 0 Å². The zero-order valence-corrected chi connectivity index (χ0v) is 15.3. The SMILES string of the molecule is CCCCC(CC)C(c1ccccc1)P([O-])([O-])([O-])c1ccccc1. The first-order chi connectivity index (χ1) is 11.4. The third-order valence-electron chi connectivity index (χ3n) is 4.74. The van der Waals surface area contributed by atoms with Gasteiger partial charge in [-0.3, -0.25) is 0 Å². The second-order valence-electron chi connectivity index (χ2n) is 6.44. The van der Waals surface area contributed by atoms with Crippen molar-refractivity contribution in [3.05, 3.63) is 66.2 Å². The average molecular weight is 345 g/mol. The van der Waals surface area contributed by atoms with Gasteiger partial charge in [-0.05, 0) is 0 Å². The fourth-order valence-electron chi connectivity index (χ4n) is 3.45. The molecule has 24 heavy (non-hydrogen) atoms. The summed E-state index contributed by atoms with van der Waals surface area (Å²) in [7, 11) is -5.83. The predicted molar refractivity (Wildman–Crippen MR) is 95.5 cm³/mol. The number of hydrogen-bond acceptors (Lipinski definition) is 3. The Morgan fingerprint density at radius 3 is 1.88 bits per heavy atom. The van der Waals surface area contributed by atoms with E-state index in [9.17, 15) is 14.7 Å². The minimum absolute atomic E-state index is 0.104. The van der Waals surface area contributed by atoms with Crippen LogP contribution in [0.2, 0.25) is 0 Å². The van der Waals surface area contributed by atoms with E-state index in [1.807, 2.05) is 13.0 Å². The van der Waals surface area contributed by atoms with E-state index in [1.54, 1.807) is 42.5 Å². The summed E-state index contributed by atoms with van der Waals surface area (Å²) >= 11 is 0. The molecule has 0 aromatic heterocycles. The van der Waals surface area contributed by atoms with Crippen LogP contribution in [0.5, 0.6) is 0 Å². The number of benzene rings is 2. The molecule has 132 valence electrons. The van der Waals surface area contributed by atoms with Crippen molar-refractivity contribution in [1.82, 2.24) is 0 Å². The van der Waals surface area contributed by atoms with E-state index in [4.69, 9.17) is 0 Å². The van der Waals surface area contributed by atoms with Crippen LogP contribution in [0, 0.1) is 5.92 Å². The summed E-state index contributed by atoms with van der Waals surface area (Å²) in [6.45, 7) is 4.04. The second-order valence-corrected chi connectivity index (χ2v) is 9.40. The van der Waals surface area contributed by atoms with Gasteiger partial charge in [0.1, 0.15) is 0 Å². The summed E-state index contributed by atoms with van der Waals surface area (Å²) < 4.78 is 0. The molecule has 0 N–H and O–H groups in total. The molecule has 0 spiro atoms. The Labute approximate surface area is 145 Å². The summed E-state index contributed by atoms with van der Waals surface area (Å²) in [6, 6.07) is 16.8. The molecule has 0 amide bonds. The summed E-state index contributed by atoms with van der Waals surface area (Å²) in [5.41, 5.74) is -0.432. The molecule has 0 bridgehead atoms. The first-order valence-electron chi connectivity index (χ1n) is 8.70. The fourth-order valence-corrected chi connectivity index (χ4v) is 6.26. The van der Waals surface area contributed by atoms with Crippen molar-refractivity contribution in [2.75, 3.05) is 0 Å². The van der Waals surface area contributed by atoms with E-state index < -0.39 is 12.9 Å². The first kappa shape index (κ1) is 19.1. The normalized spacial score (nSPS) is 16.1. The van der Waals surface area contributed by atoms with E-state index in [1.165, 1.54) is 12.1 Å². The van der Waals surface area contributed by atoms with Crippen LogP contribution in [-0.4, -0.2) is 0 Å². The molecule has 0 aliphatic heterocycles. The monoisotopic (exact) mass is 345 g/mol. The van der Waals surface area contributed by atoms with Gasteiger partial charge in [-0.2, -0.15) is 0 Å². The Bertz CT molecular complexity index is 620. The zero-order valence-electron chi connectivity index (χ0n) is 14.4. The molecule has 2 atom stereocenters. The zero-order chi connectivity index (χ0) is 17.7. The topological polar surface area (TPSA) is 69.2 Å². The van der Waals surface area contributed by atoms with Crippen molar-refractivity contribution in [3.8, 4) is 0 Å². The van der Waals surface area contributed by atoms with Gasteiger partial charge >= 0.3 is 145 Å². The van der Waals surface area contributed by atoms with Crippen molar-refractivity contribution in [3.63, 3.8) is 0 Å². The van der Waals surface area contributed by atoms with Crippen LogP contribution in [-0.2, 0) is 0 Å². The molecular weight excluding hydrogens is 319 g/mol. The number of hydrogen-bond donors (Lipinski definition) is 0. The third kappa shape index (κ3) is 4.04. The second kappa shape index (κ2) is 7.76. The third-order valence-corrected chi connectivity index (χ3v) is 7.65. The Hall–Kier alpha value is -1.25.